The summed E-state index contributed by atoms with van der Waals surface area (Å²) < 4.78 is 5.77. The topological polar surface area (TPSA) is 73.9 Å². The van der Waals surface area contributed by atoms with Gasteiger partial charge in [0.15, 0.2) is 11.7 Å². The summed E-state index contributed by atoms with van der Waals surface area (Å²) in [7, 11) is 1.42. The van der Waals surface area contributed by atoms with Crippen molar-refractivity contribution in [1.82, 2.24) is 0 Å². The van der Waals surface area contributed by atoms with Crippen LogP contribution in [0.3, 0.4) is 0 Å². The summed E-state index contributed by atoms with van der Waals surface area (Å²) in [6.45, 7) is 0. The van der Waals surface area contributed by atoms with Crippen molar-refractivity contribution < 1.29 is 9.53 Å². The monoisotopic (exact) mass is 278 g/mol. The van der Waals surface area contributed by atoms with E-state index in [1.807, 2.05) is 0 Å². The summed E-state index contributed by atoms with van der Waals surface area (Å²) >= 11 is 3.24. The molecule has 16 heavy (non-hydrogen) atoms. The Hall–Kier alpha value is -1.85. The molecule has 0 saturated heterocycles. The van der Waals surface area contributed by atoms with Crippen LogP contribution in [0.2, 0.25) is 0 Å². The lowest BCUT2D eigenvalue weighted by molar-refractivity contribution is 0.0968. The molecule has 5 heteroatoms. The van der Waals surface area contributed by atoms with Crippen molar-refractivity contribution in [3.05, 3.63) is 28.2 Å². The fourth-order valence-corrected chi connectivity index (χ4v) is 1.51. The molecule has 1 rings (SSSR count). The van der Waals surface area contributed by atoms with Crippen LogP contribution in [-0.2, 0) is 0 Å². The average Bonchev–Trinajstić information content (AvgIpc) is 2.30. The third-order valence-electron chi connectivity index (χ3n) is 1.95. The normalized spacial score (nSPS) is 9.31. The van der Waals surface area contributed by atoms with E-state index in [1.54, 1.807) is 24.3 Å². The lowest BCUT2D eigenvalue weighted by atomic mass is 9.99. The molecule has 0 aliphatic carbocycles. The van der Waals surface area contributed by atoms with Gasteiger partial charge in [0.2, 0.25) is 0 Å². The van der Waals surface area contributed by atoms with E-state index in [4.69, 9.17) is 15.3 Å². The van der Waals surface area contributed by atoms with E-state index in [2.05, 4.69) is 15.9 Å². The highest BCUT2D eigenvalue weighted by Crippen LogP contribution is 2.25. The average molecular weight is 279 g/mol. The quantitative estimate of drug-likeness (QED) is 0.796. The second-order valence-electron chi connectivity index (χ2n) is 2.90. The predicted octanol–water partition coefficient (Wildman–Crippen LogP) is 2.30. The molecule has 0 amide bonds. The Morgan fingerprint density at radius 2 is 2.06 bits per heavy atom. The standard InChI is InChI=1S/C11H7BrN2O2/c1-16-10-4-8(12)2-3-9(10)11(15)7(5-13)6-14/h2-4,7H,1H3. The lowest BCUT2D eigenvalue weighted by Gasteiger charge is -2.07. The van der Waals surface area contributed by atoms with Crippen molar-refractivity contribution in [2.45, 2.75) is 0 Å². The molecule has 0 saturated carbocycles. The number of nitriles is 2. The molecule has 0 spiro atoms. The molecule has 0 atom stereocenters. The fraction of sp³-hybridized carbons (Fsp3) is 0.182. The van der Waals surface area contributed by atoms with Crippen LogP contribution in [0, 0.1) is 28.6 Å². The number of hydrogen-bond acceptors (Lipinski definition) is 4. The first-order chi connectivity index (χ1) is 7.63. The molecule has 0 unspecified atom stereocenters. The highest BCUT2D eigenvalue weighted by molar-refractivity contribution is 9.10. The van der Waals surface area contributed by atoms with Crippen molar-refractivity contribution in [1.29, 1.82) is 10.5 Å². The van der Waals surface area contributed by atoms with Crippen LogP contribution < -0.4 is 4.74 Å². The Labute approximate surface area is 101 Å². The molecular formula is C11H7BrN2O2. The number of rotatable bonds is 3. The van der Waals surface area contributed by atoms with Gasteiger partial charge in [0.05, 0.1) is 24.8 Å². The Morgan fingerprint density at radius 1 is 1.44 bits per heavy atom. The minimum Gasteiger partial charge on any atom is -0.496 e. The number of benzene rings is 1. The summed E-state index contributed by atoms with van der Waals surface area (Å²) in [6, 6.07) is 8.06. The van der Waals surface area contributed by atoms with Crippen LogP contribution in [-0.4, -0.2) is 12.9 Å². The predicted molar refractivity (Wildman–Crippen MR) is 59.7 cm³/mol. The first kappa shape index (κ1) is 12.2. The summed E-state index contributed by atoms with van der Waals surface area (Å²) in [5.41, 5.74) is 0.235. The number of methoxy groups -OCH3 is 1. The number of halogens is 1. The van der Waals surface area contributed by atoms with Gasteiger partial charge in [-0.3, -0.25) is 4.79 Å². The molecule has 1 aromatic carbocycles. The van der Waals surface area contributed by atoms with Gasteiger partial charge >= 0.3 is 0 Å². The number of nitrogens with zero attached hydrogens (tertiary/aromatic N) is 2. The van der Waals surface area contributed by atoms with Crippen molar-refractivity contribution in [3.8, 4) is 17.9 Å². The van der Waals surface area contributed by atoms with Gasteiger partial charge in [0.1, 0.15) is 5.75 Å². The number of ketones is 1. The molecule has 0 aliphatic rings. The summed E-state index contributed by atoms with van der Waals surface area (Å²) in [6.07, 6.45) is 0. The smallest absolute Gasteiger partial charge is 0.198 e. The Morgan fingerprint density at radius 3 is 2.56 bits per heavy atom. The Kier molecular flexibility index (Phi) is 4.04. The van der Waals surface area contributed by atoms with Crippen molar-refractivity contribution in [3.63, 3.8) is 0 Å². The van der Waals surface area contributed by atoms with Crippen LogP contribution in [0.5, 0.6) is 5.75 Å². The van der Waals surface area contributed by atoms with Crippen LogP contribution in [0.15, 0.2) is 22.7 Å². The molecule has 1 aromatic rings. The van der Waals surface area contributed by atoms with Crippen LogP contribution >= 0.6 is 15.9 Å². The maximum Gasteiger partial charge on any atom is 0.198 e. The first-order valence-electron chi connectivity index (χ1n) is 4.31. The van der Waals surface area contributed by atoms with E-state index in [-0.39, 0.29) is 5.56 Å². The zero-order valence-corrected chi connectivity index (χ0v) is 9.98. The Bertz CT molecular complexity index is 486. The minimum atomic E-state index is -1.30. The number of ether oxygens (including phenoxy) is 1. The van der Waals surface area contributed by atoms with E-state index < -0.39 is 11.7 Å². The van der Waals surface area contributed by atoms with E-state index in [9.17, 15) is 4.79 Å². The van der Waals surface area contributed by atoms with Gasteiger partial charge in [-0.2, -0.15) is 10.5 Å². The highest BCUT2D eigenvalue weighted by atomic mass is 79.9. The maximum atomic E-state index is 11.8. The third-order valence-corrected chi connectivity index (χ3v) is 2.44. The SMILES string of the molecule is COc1cc(Br)ccc1C(=O)C(C#N)C#N. The number of carbonyl (C=O) groups excluding carboxylic acids is 1. The molecule has 0 heterocycles. The summed E-state index contributed by atoms with van der Waals surface area (Å²) in [5, 5.41) is 17.3. The Balaban J connectivity index is 3.20. The number of carbonyl (C=O) groups is 1. The molecule has 0 bridgehead atoms. The van der Waals surface area contributed by atoms with Gasteiger partial charge in [-0.1, -0.05) is 15.9 Å². The second kappa shape index (κ2) is 5.29. The molecule has 80 valence electrons. The van der Waals surface area contributed by atoms with E-state index in [0.717, 1.165) is 4.47 Å². The molecule has 0 N–H and O–H groups in total. The third kappa shape index (κ3) is 2.39. The van der Waals surface area contributed by atoms with Crippen LogP contribution in [0.4, 0.5) is 0 Å². The van der Waals surface area contributed by atoms with Gasteiger partial charge in [-0.25, -0.2) is 0 Å². The van der Waals surface area contributed by atoms with Gasteiger partial charge in [0, 0.05) is 4.47 Å². The van der Waals surface area contributed by atoms with Gasteiger partial charge < -0.3 is 4.74 Å². The van der Waals surface area contributed by atoms with E-state index >= 15 is 0 Å². The minimum absolute atomic E-state index is 0.235. The van der Waals surface area contributed by atoms with Crippen molar-refractivity contribution >= 4 is 21.7 Å². The van der Waals surface area contributed by atoms with Gasteiger partial charge in [0.25, 0.3) is 0 Å². The van der Waals surface area contributed by atoms with Crippen molar-refractivity contribution in [2.24, 2.45) is 5.92 Å². The largest absolute Gasteiger partial charge is 0.496 e. The summed E-state index contributed by atoms with van der Waals surface area (Å²) in [5.74, 6) is -1.50. The second-order valence-corrected chi connectivity index (χ2v) is 3.82. The molecule has 4 nitrogen and oxygen atoms in total. The highest BCUT2D eigenvalue weighted by Gasteiger charge is 2.22. The lowest BCUT2D eigenvalue weighted by Crippen LogP contribution is -2.12. The molecule has 0 aliphatic heterocycles. The van der Waals surface area contributed by atoms with Crippen LogP contribution in [0.25, 0.3) is 0 Å². The van der Waals surface area contributed by atoms with Gasteiger partial charge in [-0.05, 0) is 18.2 Å². The van der Waals surface area contributed by atoms with Crippen molar-refractivity contribution in [2.75, 3.05) is 7.11 Å². The number of Topliss-reactive ketones (excluding diaryl/α,β-unsaturated/α-hetero) is 1. The zero-order valence-electron chi connectivity index (χ0n) is 8.40. The molecule has 0 fully saturated rings. The zero-order chi connectivity index (χ0) is 12.1. The molecular weight excluding hydrogens is 272 g/mol. The molecule has 0 radical (unpaired) electrons. The molecule has 0 aromatic heterocycles. The van der Waals surface area contributed by atoms with E-state index in [0.29, 0.717) is 5.75 Å². The van der Waals surface area contributed by atoms with Crippen LogP contribution in [0.1, 0.15) is 10.4 Å². The van der Waals surface area contributed by atoms with E-state index in [1.165, 1.54) is 13.2 Å². The first-order valence-corrected chi connectivity index (χ1v) is 5.10. The fourth-order valence-electron chi connectivity index (χ4n) is 1.17. The summed E-state index contributed by atoms with van der Waals surface area (Å²) in [4.78, 5) is 11.8. The maximum absolute atomic E-state index is 11.8. The van der Waals surface area contributed by atoms with Gasteiger partial charge in [-0.15, -0.1) is 0 Å². The number of hydrogen-bond donors (Lipinski definition) is 0.